The van der Waals surface area contributed by atoms with E-state index in [9.17, 15) is 9.59 Å². The van der Waals surface area contributed by atoms with Gasteiger partial charge in [-0.1, -0.05) is 0 Å². The number of ether oxygens (including phenoxy) is 1. The second-order valence-electron chi connectivity index (χ2n) is 6.56. The van der Waals surface area contributed by atoms with Crippen molar-refractivity contribution in [2.75, 3.05) is 13.1 Å². The standard InChI is InChI=1S/C13H25N3O3/c1-12(2,3)19-11(18)16-6-5-9(8-16)13(4,15)7-10(14)17/h9H,5-8,15H2,1-4H3,(H2,14,17). The number of carbonyl (C=O) groups is 2. The molecule has 1 heterocycles. The molecule has 19 heavy (non-hydrogen) atoms. The summed E-state index contributed by atoms with van der Waals surface area (Å²) in [6.45, 7) is 8.41. The third kappa shape index (κ3) is 4.70. The highest BCUT2D eigenvalue weighted by Crippen LogP contribution is 2.29. The first-order chi connectivity index (χ1) is 8.51. The maximum Gasteiger partial charge on any atom is 0.410 e. The fourth-order valence-corrected chi connectivity index (χ4v) is 2.31. The summed E-state index contributed by atoms with van der Waals surface area (Å²) >= 11 is 0. The minimum Gasteiger partial charge on any atom is -0.444 e. The molecule has 4 N–H and O–H groups in total. The van der Waals surface area contributed by atoms with Crippen molar-refractivity contribution >= 4 is 12.0 Å². The van der Waals surface area contributed by atoms with Gasteiger partial charge in [-0.15, -0.1) is 0 Å². The quantitative estimate of drug-likeness (QED) is 0.794. The molecular weight excluding hydrogens is 246 g/mol. The van der Waals surface area contributed by atoms with Crippen molar-refractivity contribution in [2.45, 2.75) is 51.7 Å². The van der Waals surface area contributed by atoms with Crippen LogP contribution in [0.1, 0.15) is 40.5 Å². The summed E-state index contributed by atoms with van der Waals surface area (Å²) in [5.74, 6) is -0.353. The van der Waals surface area contributed by atoms with Gasteiger partial charge in [-0.2, -0.15) is 0 Å². The molecular formula is C13H25N3O3. The van der Waals surface area contributed by atoms with Gasteiger partial charge in [-0.25, -0.2) is 4.79 Å². The Bertz CT molecular complexity index is 361. The lowest BCUT2D eigenvalue weighted by molar-refractivity contribution is -0.119. The molecule has 0 spiro atoms. The molecule has 1 saturated heterocycles. The summed E-state index contributed by atoms with van der Waals surface area (Å²) < 4.78 is 5.32. The Morgan fingerprint density at radius 3 is 2.37 bits per heavy atom. The summed E-state index contributed by atoms with van der Waals surface area (Å²) in [6.07, 6.45) is 0.559. The van der Waals surface area contributed by atoms with Crippen LogP contribution in [0.5, 0.6) is 0 Å². The van der Waals surface area contributed by atoms with E-state index in [2.05, 4.69) is 0 Å². The van der Waals surface area contributed by atoms with Gasteiger partial charge in [0.1, 0.15) is 5.60 Å². The van der Waals surface area contributed by atoms with Gasteiger partial charge < -0.3 is 21.1 Å². The molecule has 2 amide bonds. The molecule has 0 bridgehead atoms. The highest BCUT2D eigenvalue weighted by Gasteiger charge is 2.39. The maximum atomic E-state index is 11.9. The predicted molar refractivity (Wildman–Crippen MR) is 72.3 cm³/mol. The summed E-state index contributed by atoms with van der Waals surface area (Å²) in [5.41, 5.74) is 10.1. The molecule has 0 aliphatic carbocycles. The van der Waals surface area contributed by atoms with E-state index in [1.165, 1.54) is 0 Å². The summed E-state index contributed by atoms with van der Waals surface area (Å²) in [4.78, 5) is 24.6. The lowest BCUT2D eigenvalue weighted by atomic mass is 9.83. The van der Waals surface area contributed by atoms with Crippen molar-refractivity contribution in [3.63, 3.8) is 0 Å². The van der Waals surface area contributed by atoms with Crippen molar-refractivity contribution < 1.29 is 14.3 Å². The Balaban J connectivity index is 2.58. The number of rotatable bonds is 3. The minimum absolute atomic E-state index is 0.0625. The number of nitrogens with zero attached hydrogens (tertiary/aromatic N) is 1. The molecule has 0 aromatic carbocycles. The van der Waals surface area contributed by atoms with Crippen molar-refractivity contribution in [3.05, 3.63) is 0 Å². The van der Waals surface area contributed by atoms with E-state index in [0.717, 1.165) is 6.42 Å². The van der Waals surface area contributed by atoms with Crippen LogP contribution in [0.2, 0.25) is 0 Å². The van der Waals surface area contributed by atoms with E-state index in [4.69, 9.17) is 16.2 Å². The molecule has 0 radical (unpaired) electrons. The first-order valence-corrected chi connectivity index (χ1v) is 6.56. The molecule has 0 aromatic rings. The molecule has 0 saturated carbocycles. The van der Waals surface area contributed by atoms with E-state index in [1.54, 1.807) is 11.8 Å². The van der Waals surface area contributed by atoms with E-state index in [1.807, 2.05) is 20.8 Å². The van der Waals surface area contributed by atoms with Gasteiger partial charge in [0.2, 0.25) is 5.91 Å². The first-order valence-electron chi connectivity index (χ1n) is 6.56. The van der Waals surface area contributed by atoms with Crippen LogP contribution in [-0.2, 0) is 9.53 Å². The van der Waals surface area contributed by atoms with Crippen molar-refractivity contribution in [1.82, 2.24) is 4.90 Å². The normalized spacial score (nSPS) is 23.0. The van der Waals surface area contributed by atoms with Crippen LogP contribution in [-0.4, -0.2) is 41.1 Å². The number of nitrogens with two attached hydrogens (primary N) is 2. The van der Waals surface area contributed by atoms with Crippen LogP contribution in [0.4, 0.5) is 4.79 Å². The maximum absolute atomic E-state index is 11.9. The van der Waals surface area contributed by atoms with Gasteiger partial charge >= 0.3 is 6.09 Å². The second-order valence-corrected chi connectivity index (χ2v) is 6.56. The van der Waals surface area contributed by atoms with Crippen LogP contribution in [0, 0.1) is 5.92 Å². The van der Waals surface area contributed by atoms with Crippen LogP contribution in [0.25, 0.3) is 0 Å². The Hall–Kier alpha value is -1.30. The second kappa shape index (κ2) is 5.36. The lowest BCUT2D eigenvalue weighted by Crippen LogP contribution is -2.48. The summed E-state index contributed by atoms with van der Waals surface area (Å²) in [7, 11) is 0. The van der Waals surface area contributed by atoms with E-state index in [-0.39, 0.29) is 18.4 Å². The molecule has 1 aliphatic rings. The Kier molecular flexibility index (Phi) is 4.45. The van der Waals surface area contributed by atoms with Crippen LogP contribution < -0.4 is 11.5 Å². The fourth-order valence-electron chi connectivity index (χ4n) is 2.31. The average molecular weight is 271 g/mol. The SMILES string of the molecule is CC(C)(C)OC(=O)N1CCC(C(C)(N)CC(N)=O)C1. The minimum atomic E-state index is -0.678. The molecule has 110 valence electrons. The van der Waals surface area contributed by atoms with Gasteiger partial charge in [0.05, 0.1) is 0 Å². The summed E-state index contributed by atoms with van der Waals surface area (Å²) in [6, 6.07) is 0. The molecule has 1 aliphatic heterocycles. The zero-order chi connectivity index (χ0) is 14.8. The van der Waals surface area contributed by atoms with Crippen molar-refractivity contribution in [2.24, 2.45) is 17.4 Å². The summed E-state index contributed by atoms with van der Waals surface area (Å²) in [5, 5.41) is 0. The Labute approximate surface area is 114 Å². The third-order valence-corrected chi connectivity index (χ3v) is 3.33. The topological polar surface area (TPSA) is 98.7 Å². The van der Waals surface area contributed by atoms with E-state index < -0.39 is 17.0 Å². The molecule has 2 unspecified atom stereocenters. The van der Waals surface area contributed by atoms with E-state index in [0.29, 0.717) is 13.1 Å². The number of hydrogen-bond acceptors (Lipinski definition) is 4. The lowest BCUT2D eigenvalue weighted by Gasteiger charge is -2.30. The number of primary amides is 1. The average Bonchev–Trinajstić information content (AvgIpc) is 2.61. The predicted octanol–water partition coefficient (Wildman–Crippen LogP) is 0.836. The fraction of sp³-hybridized carbons (Fsp3) is 0.846. The van der Waals surface area contributed by atoms with Crippen LogP contribution in [0.15, 0.2) is 0 Å². The van der Waals surface area contributed by atoms with Crippen LogP contribution in [0.3, 0.4) is 0 Å². The van der Waals surface area contributed by atoms with Gasteiger partial charge in [0, 0.05) is 25.0 Å². The van der Waals surface area contributed by atoms with Gasteiger partial charge in [0.15, 0.2) is 0 Å². The molecule has 6 nitrogen and oxygen atoms in total. The highest BCUT2D eigenvalue weighted by molar-refractivity contribution is 5.75. The zero-order valence-corrected chi connectivity index (χ0v) is 12.2. The smallest absolute Gasteiger partial charge is 0.410 e. The largest absolute Gasteiger partial charge is 0.444 e. The Morgan fingerprint density at radius 1 is 1.32 bits per heavy atom. The van der Waals surface area contributed by atoms with Gasteiger partial charge in [-0.05, 0) is 40.0 Å². The first kappa shape index (κ1) is 15.8. The van der Waals surface area contributed by atoms with Crippen LogP contribution >= 0.6 is 0 Å². The molecule has 1 fully saturated rings. The van der Waals surface area contributed by atoms with Crippen molar-refractivity contribution in [1.29, 1.82) is 0 Å². The van der Waals surface area contributed by atoms with Crippen molar-refractivity contribution in [3.8, 4) is 0 Å². The highest BCUT2D eigenvalue weighted by atomic mass is 16.6. The molecule has 2 atom stereocenters. The van der Waals surface area contributed by atoms with E-state index >= 15 is 0 Å². The number of likely N-dealkylation sites (tertiary alicyclic amines) is 1. The molecule has 6 heteroatoms. The van der Waals surface area contributed by atoms with Gasteiger partial charge in [-0.3, -0.25) is 4.79 Å². The van der Waals surface area contributed by atoms with Gasteiger partial charge in [0.25, 0.3) is 0 Å². The monoisotopic (exact) mass is 271 g/mol. The zero-order valence-electron chi connectivity index (χ0n) is 12.2. The number of hydrogen-bond donors (Lipinski definition) is 2. The molecule has 0 aromatic heterocycles. The number of carbonyl (C=O) groups excluding carboxylic acids is 2. The number of amides is 2. The third-order valence-electron chi connectivity index (χ3n) is 3.33. The molecule has 1 rings (SSSR count). The Morgan fingerprint density at radius 2 is 1.89 bits per heavy atom.